The normalized spacial score (nSPS) is 30.6. The molecule has 0 N–H and O–H groups in total. The van der Waals surface area contributed by atoms with Gasteiger partial charge in [0.05, 0.1) is 6.10 Å². The Hall–Kier alpha value is -0.210. The second-order valence-electron chi connectivity index (χ2n) is 7.28. The van der Waals surface area contributed by atoms with Gasteiger partial charge in [-0.05, 0) is 44.6 Å². The first-order valence-electron chi connectivity index (χ1n) is 9.15. The van der Waals surface area contributed by atoms with Crippen molar-refractivity contribution in [3.05, 3.63) is 0 Å². The Morgan fingerprint density at radius 1 is 0.913 bits per heavy atom. The summed E-state index contributed by atoms with van der Waals surface area (Å²) in [5.41, 5.74) is 0. The molecule has 0 aromatic carbocycles. The molecule has 3 rings (SSSR count). The zero-order valence-corrected chi connectivity index (χ0v) is 15.1. The van der Waals surface area contributed by atoms with Crippen LogP contribution in [0.2, 0.25) is 0 Å². The summed E-state index contributed by atoms with van der Waals surface area (Å²) in [6, 6.07) is 0. The van der Waals surface area contributed by atoms with Crippen molar-refractivity contribution in [3.63, 3.8) is 0 Å². The lowest BCUT2D eigenvalue weighted by Crippen LogP contribution is -2.48. The van der Waals surface area contributed by atoms with Crippen LogP contribution in [0.25, 0.3) is 0 Å². The molecular formula is C16H31N3O3S. The topological polar surface area (TPSA) is 53.1 Å². The Kier molecular flexibility index (Phi) is 5.96. The molecule has 23 heavy (non-hydrogen) atoms. The van der Waals surface area contributed by atoms with Crippen molar-refractivity contribution in [3.8, 4) is 0 Å². The Morgan fingerprint density at radius 2 is 1.65 bits per heavy atom. The van der Waals surface area contributed by atoms with Crippen LogP contribution in [0.15, 0.2) is 0 Å². The summed E-state index contributed by atoms with van der Waals surface area (Å²) < 4.78 is 34.8. The van der Waals surface area contributed by atoms with Gasteiger partial charge in [0.2, 0.25) is 0 Å². The molecule has 0 aromatic rings. The Labute approximate surface area is 140 Å². The zero-order valence-electron chi connectivity index (χ0n) is 14.3. The molecule has 6 nitrogen and oxygen atoms in total. The molecule has 3 aliphatic rings. The molecule has 0 bridgehead atoms. The lowest BCUT2D eigenvalue weighted by Gasteiger charge is -2.33. The van der Waals surface area contributed by atoms with Crippen molar-refractivity contribution < 1.29 is 13.2 Å². The van der Waals surface area contributed by atoms with E-state index in [0.717, 1.165) is 58.3 Å². The van der Waals surface area contributed by atoms with Gasteiger partial charge >= 0.3 is 0 Å². The van der Waals surface area contributed by atoms with Gasteiger partial charge in [-0.1, -0.05) is 6.92 Å². The van der Waals surface area contributed by atoms with Gasteiger partial charge in [0.1, 0.15) is 0 Å². The predicted octanol–water partition coefficient (Wildman–Crippen LogP) is 1.15. The smallest absolute Gasteiger partial charge is 0.282 e. The van der Waals surface area contributed by atoms with Crippen molar-refractivity contribution in [2.45, 2.75) is 45.1 Å². The fourth-order valence-corrected chi connectivity index (χ4v) is 5.49. The van der Waals surface area contributed by atoms with Crippen LogP contribution in [0.3, 0.4) is 0 Å². The molecule has 0 saturated carbocycles. The summed E-state index contributed by atoms with van der Waals surface area (Å²) in [5.74, 6) is 0.646. The van der Waals surface area contributed by atoms with E-state index >= 15 is 0 Å². The molecule has 134 valence electrons. The van der Waals surface area contributed by atoms with E-state index in [1.165, 1.54) is 0 Å². The number of piperidine rings is 1. The number of hydrogen-bond acceptors (Lipinski definition) is 4. The van der Waals surface area contributed by atoms with Crippen LogP contribution in [-0.4, -0.2) is 80.5 Å². The fourth-order valence-electron chi connectivity index (χ4n) is 3.82. The van der Waals surface area contributed by atoms with Crippen LogP contribution in [-0.2, 0) is 14.9 Å². The Balaban J connectivity index is 1.54. The monoisotopic (exact) mass is 345 g/mol. The maximum Gasteiger partial charge on any atom is 0.282 e. The lowest BCUT2D eigenvalue weighted by atomic mass is 10.0. The summed E-state index contributed by atoms with van der Waals surface area (Å²) >= 11 is 0. The Bertz CT molecular complexity index is 471. The van der Waals surface area contributed by atoms with E-state index < -0.39 is 10.2 Å². The minimum Gasteiger partial charge on any atom is -0.377 e. The number of ether oxygens (including phenoxy) is 1. The second kappa shape index (κ2) is 7.78. The first-order valence-corrected chi connectivity index (χ1v) is 10.5. The molecular weight excluding hydrogens is 314 g/mol. The minimum absolute atomic E-state index is 0.349. The summed E-state index contributed by atoms with van der Waals surface area (Å²) in [6.45, 7) is 8.46. The van der Waals surface area contributed by atoms with E-state index in [0.29, 0.717) is 38.2 Å². The van der Waals surface area contributed by atoms with E-state index in [9.17, 15) is 8.42 Å². The highest BCUT2D eigenvalue weighted by Crippen LogP contribution is 2.22. The number of rotatable bonds is 4. The third-order valence-corrected chi connectivity index (χ3v) is 7.46. The van der Waals surface area contributed by atoms with Crippen molar-refractivity contribution in [2.24, 2.45) is 5.92 Å². The zero-order chi connectivity index (χ0) is 16.3. The quantitative estimate of drug-likeness (QED) is 0.767. The molecule has 0 aromatic heterocycles. The van der Waals surface area contributed by atoms with Gasteiger partial charge in [-0.25, -0.2) is 0 Å². The highest BCUT2D eigenvalue weighted by molar-refractivity contribution is 7.86. The standard InChI is InChI=1S/C16H31N3O3S/c1-15-5-9-19(10-6-15)23(20,21)18-8-3-7-17(11-12-18)14-16-4-2-13-22-16/h15-16H,2-14H2,1H3/t16-/m1/s1. The summed E-state index contributed by atoms with van der Waals surface area (Å²) in [6.07, 6.45) is 5.53. The van der Waals surface area contributed by atoms with Gasteiger partial charge < -0.3 is 4.74 Å². The highest BCUT2D eigenvalue weighted by Gasteiger charge is 2.33. The molecule has 3 aliphatic heterocycles. The van der Waals surface area contributed by atoms with Crippen LogP contribution >= 0.6 is 0 Å². The van der Waals surface area contributed by atoms with Gasteiger partial charge in [-0.3, -0.25) is 4.90 Å². The third kappa shape index (κ3) is 4.45. The first-order chi connectivity index (χ1) is 11.1. The van der Waals surface area contributed by atoms with E-state index in [2.05, 4.69) is 11.8 Å². The SMILES string of the molecule is CC1CCN(S(=O)(=O)N2CCCN(C[C@H]3CCCO3)CC2)CC1. The molecule has 3 heterocycles. The van der Waals surface area contributed by atoms with Gasteiger partial charge in [0.15, 0.2) is 0 Å². The van der Waals surface area contributed by atoms with Gasteiger partial charge in [-0.15, -0.1) is 0 Å². The van der Waals surface area contributed by atoms with Gasteiger partial charge in [0, 0.05) is 45.9 Å². The molecule has 3 saturated heterocycles. The van der Waals surface area contributed by atoms with Crippen LogP contribution in [0, 0.1) is 5.92 Å². The van der Waals surface area contributed by atoms with Gasteiger partial charge in [0.25, 0.3) is 10.2 Å². The molecule has 7 heteroatoms. The average molecular weight is 346 g/mol. The maximum absolute atomic E-state index is 12.9. The Morgan fingerprint density at radius 3 is 2.35 bits per heavy atom. The molecule has 0 unspecified atom stereocenters. The molecule has 0 spiro atoms. The van der Waals surface area contributed by atoms with Crippen LogP contribution in [0.4, 0.5) is 0 Å². The third-order valence-electron chi connectivity index (χ3n) is 5.43. The average Bonchev–Trinajstić information content (AvgIpc) is 2.91. The molecule has 3 fully saturated rings. The second-order valence-corrected chi connectivity index (χ2v) is 9.21. The summed E-state index contributed by atoms with van der Waals surface area (Å²) in [4.78, 5) is 2.38. The van der Waals surface area contributed by atoms with Crippen LogP contribution < -0.4 is 0 Å². The highest BCUT2D eigenvalue weighted by atomic mass is 32.2. The predicted molar refractivity (Wildman–Crippen MR) is 90.5 cm³/mol. The van der Waals surface area contributed by atoms with Crippen LogP contribution in [0.5, 0.6) is 0 Å². The fraction of sp³-hybridized carbons (Fsp3) is 1.00. The largest absolute Gasteiger partial charge is 0.377 e. The van der Waals surface area contributed by atoms with Crippen molar-refractivity contribution in [2.75, 3.05) is 52.4 Å². The molecule has 0 aliphatic carbocycles. The van der Waals surface area contributed by atoms with Crippen LogP contribution in [0.1, 0.15) is 39.0 Å². The van der Waals surface area contributed by atoms with Crippen molar-refractivity contribution in [1.82, 2.24) is 13.5 Å². The van der Waals surface area contributed by atoms with E-state index in [-0.39, 0.29) is 0 Å². The minimum atomic E-state index is -3.27. The molecule has 0 radical (unpaired) electrons. The number of hydrogen-bond donors (Lipinski definition) is 0. The van der Waals surface area contributed by atoms with E-state index in [4.69, 9.17) is 4.74 Å². The van der Waals surface area contributed by atoms with Gasteiger partial charge in [-0.2, -0.15) is 17.0 Å². The summed E-state index contributed by atoms with van der Waals surface area (Å²) in [7, 11) is -3.27. The number of nitrogens with zero attached hydrogens (tertiary/aromatic N) is 3. The van der Waals surface area contributed by atoms with E-state index in [1.54, 1.807) is 8.61 Å². The van der Waals surface area contributed by atoms with E-state index in [1.807, 2.05) is 0 Å². The maximum atomic E-state index is 12.9. The van der Waals surface area contributed by atoms with Crippen molar-refractivity contribution in [1.29, 1.82) is 0 Å². The summed E-state index contributed by atoms with van der Waals surface area (Å²) in [5, 5.41) is 0. The molecule has 0 amide bonds. The molecule has 1 atom stereocenters. The first kappa shape index (κ1) is 17.6. The lowest BCUT2D eigenvalue weighted by molar-refractivity contribution is 0.0749. The van der Waals surface area contributed by atoms with Crippen molar-refractivity contribution >= 4 is 10.2 Å².